The first-order chi connectivity index (χ1) is 9.65. The van der Waals surface area contributed by atoms with Crippen LogP contribution in [0.25, 0.3) is 11.1 Å². The summed E-state index contributed by atoms with van der Waals surface area (Å²) in [6, 6.07) is 3.90. The van der Waals surface area contributed by atoms with Gasteiger partial charge in [-0.25, -0.2) is 0 Å². The summed E-state index contributed by atoms with van der Waals surface area (Å²) in [5.41, 5.74) is 7.97. The van der Waals surface area contributed by atoms with Crippen LogP contribution in [0.15, 0.2) is 24.5 Å². The van der Waals surface area contributed by atoms with Crippen molar-refractivity contribution in [3.05, 3.63) is 24.5 Å². The third-order valence-corrected chi connectivity index (χ3v) is 4.72. The minimum Gasteiger partial charge on any atom is -0.393 e. The van der Waals surface area contributed by atoms with Gasteiger partial charge in [0, 0.05) is 31.5 Å². The molecule has 1 aliphatic carbocycles. The van der Waals surface area contributed by atoms with Crippen LogP contribution >= 0.6 is 11.5 Å². The fraction of sp³-hybridized carbons (Fsp3) is 0.429. The van der Waals surface area contributed by atoms with Gasteiger partial charge in [0.2, 0.25) is 0 Å². The van der Waals surface area contributed by atoms with Gasteiger partial charge in [0.25, 0.3) is 0 Å². The Morgan fingerprint density at radius 1 is 1.50 bits per heavy atom. The quantitative estimate of drug-likeness (QED) is 0.900. The van der Waals surface area contributed by atoms with E-state index in [-0.39, 0.29) is 6.10 Å². The van der Waals surface area contributed by atoms with Crippen molar-refractivity contribution in [3.8, 4) is 11.1 Å². The topological polar surface area (TPSA) is 75.3 Å². The standard InChI is InChI=1S/C14H18N4OS/c1-18(8-9-5-11(19)6-9)14-12(13(15)17-20-14)10-3-2-4-16-7-10/h2-4,7,9,11,19H,5-6,8H2,1H3,(H2,15,17). The van der Waals surface area contributed by atoms with Crippen molar-refractivity contribution in [2.75, 3.05) is 24.2 Å². The van der Waals surface area contributed by atoms with Gasteiger partial charge in [-0.15, -0.1) is 0 Å². The predicted molar refractivity (Wildman–Crippen MR) is 81.8 cm³/mol. The van der Waals surface area contributed by atoms with Crippen molar-refractivity contribution in [1.82, 2.24) is 9.36 Å². The number of anilines is 2. The second-order valence-electron chi connectivity index (χ2n) is 5.36. The number of pyridine rings is 1. The third kappa shape index (κ3) is 2.48. The highest BCUT2D eigenvalue weighted by molar-refractivity contribution is 7.11. The molecule has 0 bridgehead atoms. The highest BCUT2D eigenvalue weighted by atomic mass is 32.1. The summed E-state index contributed by atoms with van der Waals surface area (Å²) < 4.78 is 4.28. The molecule has 0 amide bonds. The van der Waals surface area contributed by atoms with E-state index < -0.39 is 0 Å². The van der Waals surface area contributed by atoms with Crippen LogP contribution in [0.5, 0.6) is 0 Å². The molecule has 20 heavy (non-hydrogen) atoms. The zero-order valence-electron chi connectivity index (χ0n) is 11.4. The third-order valence-electron chi connectivity index (χ3n) is 3.74. The SMILES string of the molecule is CN(CC1CC(O)C1)c1snc(N)c1-c1cccnc1. The number of aliphatic hydroxyl groups excluding tert-OH is 1. The van der Waals surface area contributed by atoms with Crippen LogP contribution in [0.1, 0.15) is 12.8 Å². The fourth-order valence-corrected chi connectivity index (χ4v) is 3.46. The van der Waals surface area contributed by atoms with Crippen molar-refractivity contribution >= 4 is 22.4 Å². The molecule has 0 aromatic carbocycles. The van der Waals surface area contributed by atoms with Gasteiger partial charge in [-0.3, -0.25) is 4.98 Å². The monoisotopic (exact) mass is 290 g/mol. The van der Waals surface area contributed by atoms with E-state index in [1.165, 1.54) is 11.5 Å². The first kappa shape index (κ1) is 13.3. The number of aromatic nitrogens is 2. The Balaban J connectivity index is 1.83. The maximum absolute atomic E-state index is 9.38. The average molecular weight is 290 g/mol. The Hall–Kier alpha value is -1.66. The number of rotatable bonds is 4. The van der Waals surface area contributed by atoms with Crippen molar-refractivity contribution in [3.63, 3.8) is 0 Å². The lowest BCUT2D eigenvalue weighted by Crippen LogP contribution is -2.37. The Morgan fingerprint density at radius 2 is 2.30 bits per heavy atom. The molecule has 0 aliphatic heterocycles. The molecule has 106 valence electrons. The zero-order chi connectivity index (χ0) is 14.1. The summed E-state index contributed by atoms with van der Waals surface area (Å²) in [5, 5.41) is 10.4. The van der Waals surface area contributed by atoms with E-state index in [2.05, 4.69) is 21.3 Å². The van der Waals surface area contributed by atoms with Crippen LogP contribution in [0, 0.1) is 5.92 Å². The molecule has 0 spiro atoms. The lowest BCUT2D eigenvalue weighted by atomic mass is 9.82. The Bertz CT molecular complexity index is 580. The first-order valence-electron chi connectivity index (χ1n) is 6.70. The van der Waals surface area contributed by atoms with E-state index >= 15 is 0 Å². The fourth-order valence-electron chi connectivity index (χ4n) is 2.66. The minimum atomic E-state index is -0.113. The Labute approximate surface area is 122 Å². The summed E-state index contributed by atoms with van der Waals surface area (Å²) in [6.45, 7) is 0.923. The van der Waals surface area contributed by atoms with Gasteiger partial charge in [0.05, 0.1) is 11.7 Å². The molecule has 3 rings (SSSR count). The summed E-state index contributed by atoms with van der Waals surface area (Å²) in [7, 11) is 2.05. The van der Waals surface area contributed by atoms with Crippen LogP contribution in [-0.4, -0.2) is 34.2 Å². The lowest BCUT2D eigenvalue weighted by molar-refractivity contribution is 0.0465. The van der Waals surface area contributed by atoms with E-state index in [4.69, 9.17) is 5.73 Å². The van der Waals surface area contributed by atoms with E-state index in [1.807, 2.05) is 18.3 Å². The molecule has 0 atom stereocenters. The number of nitrogen functional groups attached to an aromatic ring is 1. The van der Waals surface area contributed by atoms with Crippen LogP contribution in [0.2, 0.25) is 0 Å². The lowest BCUT2D eigenvalue weighted by Gasteiger charge is -2.34. The molecule has 0 unspecified atom stereocenters. The van der Waals surface area contributed by atoms with Crippen LogP contribution < -0.4 is 10.6 Å². The van der Waals surface area contributed by atoms with E-state index in [1.54, 1.807) is 6.20 Å². The summed E-state index contributed by atoms with van der Waals surface area (Å²) in [6.07, 6.45) is 5.22. The molecule has 3 N–H and O–H groups in total. The summed E-state index contributed by atoms with van der Waals surface area (Å²) in [4.78, 5) is 6.34. The second kappa shape index (κ2) is 5.38. The normalized spacial score (nSPS) is 21.5. The molecular formula is C14H18N4OS. The van der Waals surface area contributed by atoms with Crippen LogP contribution in [0.3, 0.4) is 0 Å². The van der Waals surface area contributed by atoms with Gasteiger partial charge in [0.15, 0.2) is 0 Å². The van der Waals surface area contributed by atoms with Gasteiger partial charge >= 0.3 is 0 Å². The molecular weight excluding hydrogens is 272 g/mol. The molecule has 2 aromatic rings. The van der Waals surface area contributed by atoms with Crippen molar-refractivity contribution in [1.29, 1.82) is 0 Å². The van der Waals surface area contributed by atoms with Gasteiger partial charge in [-0.2, -0.15) is 4.37 Å². The summed E-state index contributed by atoms with van der Waals surface area (Å²) >= 11 is 1.42. The molecule has 2 aromatic heterocycles. The number of nitrogens with two attached hydrogens (primary N) is 1. The average Bonchev–Trinajstić information content (AvgIpc) is 2.80. The van der Waals surface area contributed by atoms with Crippen molar-refractivity contribution in [2.24, 2.45) is 5.92 Å². The minimum absolute atomic E-state index is 0.113. The van der Waals surface area contributed by atoms with Crippen molar-refractivity contribution < 1.29 is 5.11 Å². The zero-order valence-corrected chi connectivity index (χ0v) is 12.2. The maximum atomic E-state index is 9.38. The van der Waals surface area contributed by atoms with Gasteiger partial charge < -0.3 is 15.7 Å². The van der Waals surface area contributed by atoms with Gasteiger partial charge in [-0.1, -0.05) is 6.07 Å². The molecule has 0 saturated heterocycles. The predicted octanol–water partition coefficient (Wildman–Crippen LogP) is 1.99. The van der Waals surface area contributed by atoms with Gasteiger partial charge in [0.1, 0.15) is 10.8 Å². The highest BCUT2D eigenvalue weighted by Gasteiger charge is 2.29. The summed E-state index contributed by atoms with van der Waals surface area (Å²) in [5.74, 6) is 1.11. The molecule has 5 nitrogen and oxygen atoms in total. The number of hydrogen-bond donors (Lipinski definition) is 2. The van der Waals surface area contributed by atoms with E-state index in [0.29, 0.717) is 11.7 Å². The molecule has 1 fully saturated rings. The second-order valence-corrected chi connectivity index (χ2v) is 6.11. The van der Waals surface area contributed by atoms with E-state index in [0.717, 1.165) is 35.5 Å². The molecule has 1 aliphatic rings. The maximum Gasteiger partial charge on any atom is 0.147 e. The first-order valence-corrected chi connectivity index (χ1v) is 7.47. The van der Waals surface area contributed by atoms with E-state index in [9.17, 15) is 5.11 Å². The molecule has 1 saturated carbocycles. The largest absolute Gasteiger partial charge is 0.393 e. The smallest absolute Gasteiger partial charge is 0.147 e. The van der Waals surface area contributed by atoms with Gasteiger partial charge in [-0.05, 0) is 36.4 Å². The highest BCUT2D eigenvalue weighted by Crippen LogP contribution is 2.39. The van der Waals surface area contributed by atoms with Crippen LogP contribution in [-0.2, 0) is 0 Å². The van der Waals surface area contributed by atoms with Crippen LogP contribution in [0.4, 0.5) is 10.8 Å². The Kier molecular flexibility index (Phi) is 3.58. The number of hydrogen-bond acceptors (Lipinski definition) is 6. The Morgan fingerprint density at radius 3 is 2.95 bits per heavy atom. The molecule has 6 heteroatoms. The molecule has 2 heterocycles. The molecule has 0 radical (unpaired) electrons. The van der Waals surface area contributed by atoms with Crippen molar-refractivity contribution in [2.45, 2.75) is 18.9 Å². The number of aliphatic hydroxyl groups is 1. The number of nitrogens with zero attached hydrogens (tertiary/aromatic N) is 3.